The Morgan fingerprint density at radius 1 is 1.00 bits per heavy atom. The highest BCUT2D eigenvalue weighted by Crippen LogP contribution is 2.20. The van der Waals surface area contributed by atoms with E-state index in [0.29, 0.717) is 5.75 Å². The highest BCUT2D eigenvalue weighted by Gasteiger charge is 2.10. The van der Waals surface area contributed by atoms with Gasteiger partial charge in [0, 0.05) is 20.2 Å². The van der Waals surface area contributed by atoms with Gasteiger partial charge >= 0.3 is 5.69 Å². The molecule has 0 bridgehead atoms. The Morgan fingerprint density at radius 3 is 2.48 bits per heavy atom. The van der Waals surface area contributed by atoms with Gasteiger partial charge in [-0.05, 0) is 22.9 Å². The molecule has 1 heterocycles. The molecule has 7 heteroatoms. The predicted octanol–water partition coefficient (Wildman–Crippen LogP) is 1.25. The van der Waals surface area contributed by atoms with E-state index in [2.05, 4.69) is 5.32 Å². The first-order valence-corrected chi connectivity index (χ1v) is 7.64. The molecule has 0 saturated heterocycles. The number of nitrogens with zero attached hydrogens (tertiary/aromatic N) is 2. The molecule has 1 amide bonds. The summed E-state index contributed by atoms with van der Waals surface area (Å²) < 4.78 is 7.64. The predicted molar refractivity (Wildman–Crippen MR) is 95.0 cm³/mol. The highest BCUT2D eigenvalue weighted by atomic mass is 16.5. The van der Waals surface area contributed by atoms with Gasteiger partial charge in [-0.2, -0.15) is 0 Å². The number of amides is 1. The van der Waals surface area contributed by atoms with Crippen LogP contribution in [0.1, 0.15) is 0 Å². The first-order chi connectivity index (χ1) is 12.0. The average molecular weight is 339 g/mol. The minimum Gasteiger partial charge on any atom is -0.484 e. The summed E-state index contributed by atoms with van der Waals surface area (Å²) in [5, 5.41) is 4.60. The molecular formula is C18H17N3O4. The molecule has 7 nitrogen and oxygen atoms in total. The fourth-order valence-corrected chi connectivity index (χ4v) is 2.44. The third-order valence-electron chi connectivity index (χ3n) is 3.88. The van der Waals surface area contributed by atoms with E-state index < -0.39 is 17.2 Å². The zero-order valence-electron chi connectivity index (χ0n) is 13.9. The molecule has 0 atom stereocenters. The van der Waals surface area contributed by atoms with Crippen molar-refractivity contribution in [3.05, 3.63) is 69.4 Å². The normalized spacial score (nSPS) is 10.6. The van der Waals surface area contributed by atoms with Crippen LogP contribution in [0.2, 0.25) is 0 Å². The van der Waals surface area contributed by atoms with Crippen LogP contribution in [0.5, 0.6) is 5.75 Å². The van der Waals surface area contributed by atoms with Crippen LogP contribution in [0, 0.1) is 0 Å². The summed E-state index contributed by atoms with van der Waals surface area (Å²) >= 11 is 0. The molecule has 1 aromatic heterocycles. The molecule has 0 fully saturated rings. The van der Waals surface area contributed by atoms with Crippen molar-refractivity contribution in [3.63, 3.8) is 0 Å². The van der Waals surface area contributed by atoms with Gasteiger partial charge in [0.05, 0.1) is 0 Å². The van der Waals surface area contributed by atoms with Gasteiger partial charge in [0.25, 0.3) is 11.5 Å². The number of rotatable bonds is 4. The number of ether oxygens (including phenoxy) is 1. The third-order valence-corrected chi connectivity index (χ3v) is 3.88. The lowest BCUT2D eigenvalue weighted by Crippen LogP contribution is -2.38. The summed E-state index contributed by atoms with van der Waals surface area (Å²) in [6.07, 6.45) is 0. The van der Waals surface area contributed by atoms with Crippen LogP contribution in [0.25, 0.3) is 10.8 Å². The van der Waals surface area contributed by atoms with Crippen molar-refractivity contribution in [2.45, 2.75) is 0 Å². The Labute approximate surface area is 143 Å². The van der Waals surface area contributed by atoms with Gasteiger partial charge in [0.2, 0.25) is 0 Å². The Balaban J connectivity index is 1.70. The average Bonchev–Trinajstić information content (AvgIpc) is 2.62. The topological polar surface area (TPSA) is 82.3 Å². The molecule has 0 aliphatic carbocycles. The van der Waals surface area contributed by atoms with E-state index in [1.807, 2.05) is 36.4 Å². The van der Waals surface area contributed by atoms with Crippen molar-refractivity contribution in [1.29, 1.82) is 0 Å². The molecule has 0 aliphatic heterocycles. The lowest BCUT2D eigenvalue weighted by molar-refractivity contribution is -0.118. The van der Waals surface area contributed by atoms with Gasteiger partial charge in [-0.25, -0.2) is 4.79 Å². The molecular weight excluding hydrogens is 322 g/mol. The van der Waals surface area contributed by atoms with Gasteiger partial charge in [0.15, 0.2) is 6.61 Å². The smallest absolute Gasteiger partial charge is 0.332 e. The van der Waals surface area contributed by atoms with Crippen LogP contribution in [0.3, 0.4) is 0 Å². The van der Waals surface area contributed by atoms with Crippen LogP contribution < -0.4 is 21.3 Å². The molecule has 0 saturated carbocycles. The van der Waals surface area contributed by atoms with Gasteiger partial charge in [-0.15, -0.1) is 0 Å². The Kier molecular flexibility index (Phi) is 4.38. The Morgan fingerprint density at radius 2 is 1.72 bits per heavy atom. The van der Waals surface area contributed by atoms with Gasteiger partial charge in [-0.1, -0.05) is 30.3 Å². The molecule has 128 valence electrons. The van der Waals surface area contributed by atoms with Crippen molar-refractivity contribution in [2.75, 3.05) is 11.9 Å². The second kappa shape index (κ2) is 6.64. The number of carbonyl (C=O) groups excluding carboxylic acids is 1. The van der Waals surface area contributed by atoms with Crippen LogP contribution >= 0.6 is 0 Å². The number of hydrogen-bond acceptors (Lipinski definition) is 4. The van der Waals surface area contributed by atoms with E-state index in [1.165, 1.54) is 24.7 Å². The fourth-order valence-electron chi connectivity index (χ4n) is 2.44. The molecule has 0 spiro atoms. The summed E-state index contributed by atoms with van der Waals surface area (Å²) in [6.45, 7) is -0.234. The second-order valence-corrected chi connectivity index (χ2v) is 5.61. The van der Waals surface area contributed by atoms with E-state index >= 15 is 0 Å². The quantitative estimate of drug-likeness (QED) is 0.776. The van der Waals surface area contributed by atoms with Crippen molar-refractivity contribution < 1.29 is 9.53 Å². The molecule has 1 N–H and O–H groups in total. The van der Waals surface area contributed by atoms with Crippen LogP contribution in [-0.2, 0) is 18.9 Å². The number of nitrogens with one attached hydrogen (secondary N) is 1. The van der Waals surface area contributed by atoms with E-state index in [-0.39, 0.29) is 12.4 Å². The fraction of sp³-hybridized carbons (Fsp3) is 0.167. The number of anilines is 1. The largest absolute Gasteiger partial charge is 0.484 e. The summed E-state index contributed by atoms with van der Waals surface area (Å²) in [5.74, 6) is 0.225. The molecule has 3 rings (SSSR count). The zero-order chi connectivity index (χ0) is 18.0. The van der Waals surface area contributed by atoms with Crippen LogP contribution in [0.4, 0.5) is 5.82 Å². The molecule has 0 aliphatic rings. The molecule has 0 unspecified atom stereocenters. The van der Waals surface area contributed by atoms with Crippen molar-refractivity contribution in [2.24, 2.45) is 14.1 Å². The zero-order valence-corrected chi connectivity index (χ0v) is 13.9. The molecule has 0 radical (unpaired) electrons. The molecule has 25 heavy (non-hydrogen) atoms. The maximum Gasteiger partial charge on any atom is 0.332 e. The SMILES string of the molecule is Cn1c(NC(=O)COc2ccc3ccccc3c2)cc(=O)n(C)c1=O. The van der Waals surface area contributed by atoms with Crippen LogP contribution in [0.15, 0.2) is 58.1 Å². The molecule has 2 aromatic carbocycles. The third kappa shape index (κ3) is 3.45. The van der Waals surface area contributed by atoms with Gasteiger partial charge in [-0.3, -0.25) is 18.7 Å². The summed E-state index contributed by atoms with van der Waals surface area (Å²) in [5.41, 5.74) is -1.01. The minimum absolute atomic E-state index is 0.125. The van der Waals surface area contributed by atoms with E-state index in [1.54, 1.807) is 6.07 Å². The lowest BCUT2D eigenvalue weighted by Gasteiger charge is -2.11. The van der Waals surface area contributed by atoms with E-state index in [4.69, 9.17) is 4.74 Å². The van der Waals surface area contributed by atoms with E-state index in [9.17, 15) is 14.4 Å². The first-order valence-electron chi connectivity index (χ1n) is 7.64. The lowest BCUT2D eigenvalue weighted by atomic mass is 10.1. The number of fused-ring (bicyclic) bond motifs is 1. The minimum atomic E-state index is -0.516. The van der Waals surface area contributed by atoms with Crippen molar-refractivity contribution in [3.8, 4) is 5.75 Å². The summed E-state index contributed by atoms with van der Waals surface area (Å²) in [7, 11) is 2.85. The van der Waals surface area contributed by atoms with Gasteiger partial charge in [0.1, 0.15) is 11.6 Å². The monoisotopic (exact) mass is 339 g/mol. The second-order valence-electron chi connectivity index (χ2n) is 5.61. The number of carbonyl (C=O) groups is 1. The molecule has 3 aromatic rings. The first kappa shape index (κ1) is 16.5. The Bertz CT molecular complexity index is 1070. The highest BCUT2D eigenvalue weighted by molar-refractivity contribution is 5.91. The maximum atomic E-state index is 12.0. The Hall–Kier alpha value is -3.35. The summed E-state index contributed by atoms with van der Waals surface area (Å²) in [6, 6.07) is 14.5. The van der Waals surface area contributed by atoms with E-state index in [0.717, 1.165) is 15.3 Å². The maximum absolute atomic E-state index is 12.0. The number of benzene rings is 2. The number of aromatic nitrogens is 2. The van der Waals surface area contributed by atoms with Gasteiger partial charge < -0.3 is 10.1 Å². The van der Waals surface area contributed by atoms with Crippen LogP contribution in [-0.4, -0.2) is 21.6 Å². The van der Waals surface area contributed by atoms with Crippen molar-refractivity contribution in [1.82, 2.24) is 9.13 Å². The standard InChI is InChI=1S/C18H17N3O4/c1-20-15(10-17(23)21(2)18(20)24)19-16(22)11-25-14-8-7-12-5-3-4-6-13(12)9-14/h3-10H,11H2,1-2H3,(H,19,22). The van der Waals surface area contributed by atoms with Crippen molar-refractivity contribution >= 4 is 22.5 Å². The number of hydrogen-bond donors (Lipinski definition) is 1. The summed E-state index contributed by atoms with van der Waals surface area (Å²) in [4.78, 5) is 35.6.